The topological polar surface area (TPSA) is 17.3 Å². The van der Waals surface area contributed by atoms with Crippen LogP contribution in [0.3, 0.4) is 0 Å². The number of rotatable bonds is 3. The van der Waals surface area contributed by atoms with Crippen molar-refractivity contribution >= 4 is 56.4 Å². The molecular weight excluding hydrogens is 463 g/mol. The van der Waals surface area contributed by atoms with Crippen LogP contribution in [-0.2, 0) is 0 Å². The van der Waals surface area contributed by atoms with Gasteiger partial charge < -0.3 is 0 Å². The molecule has 0 radical (unpaired) electrons. The number of hydrogen-bond acceptors (Lipinski definition) is 1. The molecule has 0 spiro atoms. The van der Waals surface area contributed by atoms with E-state index in [1.165, 1.54) is 25.4 Å². The first-order valence-corrected chi connectivity index (χ1v) is 11.2. The molecule has 2 aromatic heterocycles. The summed E-state index contributed by atoms with van der Waals surface area (Å²) < 4.78 is 5.94. The number of hydrogen-bond donors (Lipinski definition) is 0. The van der Waals surface area contributed by atoms with Gasteiger partial charge >= 0.3 is 173 Å². The molecule has 5 rings (SSSR count). The first kappa shape index (κ1) is 16.8. The van der Waals surface area contributed by atoms with Gasteiger partial charge in [-0.15, -0.1) is 0 Å². The minimum atomic E-state index is 0.155. The molecule has 0 amide bonds. The van der Waals surface area contributed by atoms with Crippen molar-refractivity contribution in [2.24, 2.45) is 0 Å². The van der Waals surface area contributed by atoms with Crippen molar-refractivity contribution < 1.29 is 0 Å². The maximum atomic E-state index is 4.97. The van der Waals surface area contributed by atoms with Crippen molar-refractivity contribution in [2.75, 3.05) is 0 Å². The second-order valence-corrected chi connectivity index (χ2v) is 9.46. The molecule has 2 heterocycles. The predicted octanol–water partition coefficient (Wildman–Crippen LogP) is 4.57. The van der Waals surface area contributed by atoms with Crippen molar-refractivity contribution in [1.29, 1.82) is 0 Å². The van der Waals surface area contributed by atoms with Gasteiger partial charge in [0.15, 0.2) is 0 Å². The molecule has 0 unspecified atom stereocenters. The molecule has 5 aromatic rings. The van der Waals surface area contributed by atoms with Crippen LogP contribution in [0.5, 0.6) is 0 Å². The maximum absolute atomic E-state index is 4.97. The van der Waals surface area contributed by atoms with Gasteiger partial charge in [-0.05, 0) is 0 Å². The van der Waals surface area contributed by atoms with Crippen molar-refractivity contribution in [2.45, 2.75) is 0 Å². The number of halogens is 1. The number of fused-ring (bicyclic) bond motifs is 2. The van der Waals surface area contributed by atoms with E-state index in [2.05, 4.69) is 105 Å². The average molecular weight is 478 g/mol. The number of imidazole rings is 1. The van der Waals surface area contributed by atoms with Crippen molar-refractivity contribution in [3.05, 3.63) is 95.6 Å². The van der Waals surface area contributed by atoms with Gasteiger partial charge in [0.05, 0.1) is 0 Å². The monoisotopic (exact) mass is 478 g/mol. The van der Waals surface area contributed by atoms with Crippen molar-refractivity contribution in [1.82, 2.24) is 9.38 Å². The summed E-state index contributed by atoms with van der Waals surface area (Å²) in [6.07, 6.45) is 2.11. The van der Waals surface area contributed by atoms with Crippen molar-refractivity contribution in [3.8, 4) is 11.3 Å². The SMILES string of the molecule is Brc1ccc([Se]c2c(-c3ccc4ccccc4c3)nc3ccccn23)cc1. The zero-order valence-electron chi connectivity index (χ0n) is 14.3. The standard InChI is InChI=1S/C23H15BrN2Se/c24-19-10-12-20(13-11-19)27-23-22(25-21-7-3-4-14-26(21)23)18-9-8-16-5-1-2-6-17(16)15-18/h1-15H. The molecule has 0 aliphatic carbocycles. The molecule has 4 heteroatoms. The fourth-order valence-corrected chi connectivity index (χ4v) is 5.59. The van der Waals surface area contributed by atoms with Gasteiger partial charge in [0.2, 0.25) is 0 Å². The summed E-state index contributed by atoms with van der Waals surface area (Å²) in [4.78, 5) is 4.97. The van der Waals surface area contributed by atoms with E-state index in [0.29, 0.717) is 0 Å². The molecule has 27 heavy (non-hydrogen) atoms. The van der Waals surface area contributed by atoms with Gasteiger partial charge in [-0.25, -0.2) is 0 Å². The number of benzene rings is 3. The Labute approximate surface area is 172 Å². The van der Waals surface area contributed by atoms with Crippen LogP contribution < -0.4 is 9.05 Å². The summed E-state index contributed by atoms with van der Waals surface area (Å²) in [5, 5.41) is 2.50. The number of pyridine rings is 1. The van der Waals surface area contributed by atoms with Gasteiger partial charge in [0, 0.05) is 0 Å². The zero-order valence-corrected chi connectivity index (χ0v) is 17.6. The molecule has 130 valence electrons. The van der Waals surface area contributed by atoms with Gasteiger partial charge in [-0.3, -0.25) is 0 Å². The summed E-state index contributed by atoms with van der Waals surface area (Å²) in [5.74, 6) is 0. The van der Waals surface area contributed by atoms with E-state index in [4.69, 9.17) is 4.98 Å². The molecular formula is C23H15BrN2Se. The fourth-order valence-electron chi connectivity index (χ4n) is 3.21. The summed E-state index contributed by atoms with van der Waals surface area (Å²) in [6, 6.07) is 29.9. The summed E-state index contributed by atoms with van der Waals surface area (Å²) in [6.45, 7) is 0. The van der Waals surface area contributed by atoms with Crippen molar-refractivity contribution in [3.63, 3.8) is 0 Å². The van der Waals surface area contributed by atoms with Crippen LogP contribution in [0.15, 0.2) is 95.6 Å². The quantitative estimate of drug-likeness (QED) is 0.348. The summed E-state index contributed by atoms with van der Waals surface area (Å²) in [7, 11) is 0. The van der Waals surface area contributed by atoms with Gasteiger partial charge in [0.1, 0.15) is 0 Å². The third-order valence-corrected chi connectivity index (χ3v) is 7.36. The second kappa shape index (κ2) is 6.97. The third-order valence-electron chi connectivity index (χ3n) is 4.54. The zero-order chi connectivity index (χ0) is 18.2. The Hall–Kier alpha value is -2.39. The molecule has 0 N–H and O–H groups in total. The van der Waals surface area contributed by atoms with E-state index in [1.54, 1.807) is 0 Å². The Bertz CT molecular complexity index is 1260. The molecule has 0 fully saturated rings. The molecule has 0 aliphatic heterocycles. The Balaban J connectivity index is 1.69. The van der Waals surface area contributed by atoms with Crippen LogP contribution in [0.25, 0.3) is 27.7 Å². The van der Waals surface area contributed by atoms with E-state index in [-0.39, 0.29) is 15.0 Å². The normalized spacial score (nSPS) is 11.3. The van der Waals surface area contributed by atoms with Gasteiger partial charge in [0.25, 0.3) is 0 Å². The van der Waals surface area contributed by atoms with Crippen LogP contribution >= 0.6 is 15.9 Å². The van der Waals surface area contributed by atoms with E-state index >= 15 is 0 Å². The molecule has 0 aliphatic rings. The van der Waals surface area contributed by atoms with Crippen LogP contribution in [0, 0.1) is 0 Å². The number of aromatic nitrogens is 2. The van der Waals surface area contributed by atoms with Crippen LogP contribution in [-0.4, -0.2) is 24.3 Å². The van der Waals surface area contributed by atoms with Crippen LogP contribution in [0.2, 0.25) is 0 Å². The van der Waals surface area contributed by atoms with E-state index in [0.717, 1.165) is 15.8 Å². The minimum absolute atomic E-state index is 0.155. The van der Waals surface area contributed by atoms with Gasteiger partial charge in [-0.2, -0.15) is 0 Å². The van der Waals surface area contributed by atoms with E-state index in [1.807, 2.05) is 6.07 Å². The summed E-state index contributed by atoms with van der Waals surface area (Å²) >= 11 is 3.68. The molecule has 0 bridgehead atoms. The van der Waals surface area contributed by atoms with Crippen LogP contribution in [0.1, 0.15) is 0 Å². The Morgan fingerprint density at radius 2 is 1.56 bits per heavy atom. The second-order valence-electron chi connectivity index (χ2n) is 6.31. The molecule has 0 saturated heterocycles. The van der Waals surface area contributed by atoms with Crippen LogP contribution in [0.4, 0.5) is 0 Å². The Morgan fingerprint density at radius 3 is 2.41 bits per heavy atom. The first-order chi connectivity index (χ1) is 13.3. The van der Waals surface area contributed by atoms with E-state index in [9.17, 15) is 0 Å². The first-order valence-electron chi connectivity index (χ1n) is 8.68. The summed E-state index contributed by atoms with van der Waals surface area (Å²) in [5.41, 5.74) is 3.25. The molecule has 3 aromatic carbocycles. The number of nitrogens with zero attached hydrogens (tertiary/aromatic N) is 2. The predicted molar refractivity (Wildman–Crippen MR) is 117 cm³/mol. The van der Waals surface area contributed by atoms with Gasteiger partial charge in [-0.1, -0.05) is 0 Å². The Kier molecular flexibility index (Phi) is 4.33. The Morgan fingerprint density at radius 1 is 0.778 bits per heavy atom. The molecule has 0 atom stereocenters. The fraction of sp³-hybridized carbons (Fsp3) is 0. The third kappa shape index (κ3) is 3.21. The molecule has 0 saturated carbocycles. The average Bonchev–Trinajstić information content (AvgIpc) is 3.08. The van der Waals surface area contributed by atoms with E-state index < -0.39 is 0 Å². The molecule has 2 nitrogen and oxygen atoms in total.